The summed E-state index contributed by atoms with van der Waals surface area (Å²) in [5.74, 6) is -0.658. The van der Waals surface area contributed by atoms with Crippen LogP contribution in [-0.4, -0.2) is 21.5 Å². The van der Waals surface area contributed by atoms with Crippen molar-refractivity contribution in [1.29, 1.82) is 0 Å². The summed E-state index contributed by atoms with van der Waals surface area (Å²) in [7, 11) is 0. The number of aliphatic imine (C=N–C) groups is 1. The number of para-hydroxylation sites is 1. The molecular weight excluding hydrogens is 346 g/mol. The van der Waals surface area contributed by atoms with Gasteiger partial charge in [0, 0.05) is 23.3 Å². The molecule has 27 heavy (non-hydrogen) atoms. The van der Waals surface area contributed by atoms with Crippen LogP contribution in [0.4, 0.5) is 5.82 Å². The number of ketones is 1. The van der Waals surface area contributed by atoms with Crippen molar-refractivity contribution in [1.82, 2.24) is 9.97 Å². The van der Waals surface area contributed by atoms with Gasteiger partial charge in [0.15, 0.2) is 11.2 Å². The molecule has 136 valence electrons. The van der Waals surface area contributed by atoms with Crippen LogP contribution in [0.3, 0.4) is 0 Å². The van der Waals surface area contributed by atoms with Crippen molar-refractivity contribution >= 4 is 28.3 Å². The van der Waals surface area contributed by atoms with Crippen LogP contribution in [-0.2, 0) is 4.79 Å². The lowest BCUT2D eigenvalue weighted by molar-refractivity contribution is -0.119. The van der Waals surface area contributed by atoms with Crippen molar-refractivity contribution < 1.29 is 9.21 Å². The predicted octanol–water partition coefficient (Wildman–Crippen LogP) is 2.63. The number of fused-ring (bicyclic) bond motifs is 2. The van der Waals surface area contributed by atoms with E-state index < -0.39 is 11.8 Å². The summed E-state index contributed by atoms with van der Waals surface area (Å²) in [6.45, 7) is 4.91. The van der Waals surface area contributed by atoms with Crippen LogP contribution in [0.2, 0.25) is 0 Å². The Hall–Kier alpha value is -3.35. The van der Waals surface area contributed by atoms with Gasteiger partial charge in [-0.15, -0.1) is 0 Å². The molecule has 0 bridgehead atoms. The number of carbonyl (C=O) groups excluding carboxylic acids is 1. The van der Waals surface area contributed by atoms with Gasteiger partial charge in [0.25, 0.3) is 5.56 Å². The number of hydrogen-bond donors (Lipinski definition) is 1. The molecule has 1 aliphatic heterocycles. The summed E-state index contributed by atoms with van der Waals surface area (Å²) in [6.07, 6.45) is 1.29. The minimum absolute atomic E-state index is 0.123. The number of rotatable bonds is 2. The molecule has 1 aliphatic rings. The second-order valence-corrected chi connectivity index (χ2v) is 6.73. The number of aromatic nitrogens is 2. The molecular formula is C20H17N3O4. The smallest absolute Gasteiger partial charge is 0.256 e. The number of aromatic amines is 1. The summed E-state index contributed by atoms with van der Waals surface area (Å²) < 4.78 is 5.86. The van der Waals surface area contributed by atoms with E-state index in [-0.39, 0.29) is 22.6 Å². The molecule has 4 rings (SSSR count). The number of benzene rings is 1. The van der Waals surface area contributed by atoms with Crippen molar-refractivity contribution in [2.75, 3.05) is 0 Å². The lowest BCUT2D eigenvalue weighted by atomic mass is 9.75. The molecule has 0 aliphatic carbocycles. The van der Waals surface area contributed by atoms with Gasteiger partial charge in [-0.1, -0.05) is 12.1 Å². The van der Waals surface area contributed by atoms with Crippen LogP contribution in [0.5, 0.6) is 0 Å². The first-order chi connectivity index (χ1) is 12.9. The molecule has 0 radical (unpaired) electrons. The van der Waals surface area contributed by atoms with E-state index in [9.17, 15) is 14.4 Å². The van der Waals surface area contributed by atoms with Gasteiger partial charge < -0.3 is 9.40 Å². The van der Waals surface area contributed by atoms with E-state index in [0.29, 0.717) is 33.6 Å². The van der Waals surface area contributed by atoms with E-state index in [4.69, 9.17) is 4.42 Å². The number of nitrogens with one attached hydrogen (secondary N) is 1. The van der Waals surface area contributed by atoms with Crippen molar-refractivity contribution in [3.05, 3.63) is 68.1 Å². The first kappa shape index (κ1) is 17.1. The van der Waals surface area contributed by atoms with Gasteiger partial charge in [-0.05, 0) is 26.8 Å². The zero-order valence-corrected chi connectivity index (χ0v) is 15.1. The molecule has 0 spiro atoms. The van der Waals surface area contributed by atoms with E-state index in [0.717, 1.165) is 0 Å². The van der Waals surface area contributed by atoms with Gasteiger partial charge in [0.2, 0.25) is 0 Å². The average molecular weight is 363 g/mol. The van der Waals surface area contributed by atoms with Crippen LogP contribution >= 0.6 is 0 Å². The maximum atomic E-state index is 12.6. The summed E-state index contributed by atoms with van der Waals surface area (Å²) in [5, 5.41) is 0.405. The lowest BCUT2D eigenvalue weighted by Crippen LogP contribution is -2.34. The molecule has 1 aromatic carbocycles. The molecule has 3 heterocycles. The number of Topliss-reactive ketones (excluding diaryl/α,β-unsaturated/α-hetero) is 1. The Balaban J connectivity index is 2.13. The normalized spacial score (nSPS) is 18.9. The van der Waals surface area contributed by atoms with Crippen molar-refractivity contribution in [2.24, 2.45) is 10.9 Å². The second-order valence-electron chi connectivity index (χ2n) is 6.73. The van der Waals surface area contributed by atoms with Gasteiger partial charge in [-0.2, -0.15) is 0 Å². The van der Waals surface area contributed by atoms with Crippen LogP contribution in [0.15, 0.2) is 49.6 Å². The van der Waals surface area contributed by atoms with Crippen molar-refractivity contribution in [3.63, 3.8) is 0 Å². The Morgan fingerprint density at radius 1 is 1.22 bits per heavy atom. The highest BCUT2D eigenvalue weighted by molar-refractivity contribution is 6.07. The molecule has 2 unspecified atom stereocenters. The monoisotopic (exact) mass is 363 g/mol. The summed E-state index contributed by atoms with van der Waals surface area (Å²) in [4.78, 5) is 48.6. The van der Waals surface area contributed by atoms with E-state index in [2.05, 4.69) is 15.0 Å². The highest BCUT2D eigenvalue weighted by Gasteiger charge is 2.39. The Morgan fingerprint density at radius 3 is 2.74 bits per heavy atom. The third-order valence-electron chi connectivity index (χ3n) is 4.93. The second kappa shape index (κ2) is 6.12. The van der Waals surface area contributed by atoms with Crippen LogP contribution in [0.1, 0.15) is 36.7 Å². The number of nitrogens with zero attached hydrogens (tertiary/aromatic N) is 2. The maximum absolute atomic E-state index is 12.6. The molecule has 3 aromatic rings. The van der Waals surface area contributed by atoms with Crippen LogP contribution in [0, 0.1) is 12.8 Å². The number of aryl methyl sites for hydroxylation is 1. The van der Waals surface area contributed by atoms with Crippen molar-refractivity contribution in [3.8, 4) is 0 Å². The van der Waals surface area contributed by atoms with E-state index >= 15 is 0 Å². The SMILES string of the molecule is CC(=O)C1C(C)=Nc2nc[nH]c(=O)c2C1c1cccc2c(=O)cc(C)oc12. The average Bonchev–Trinajstić information content (AvgIpc) is 2.60. The van der Waals surface area contributed by atoms with Gasteiger partial charge in [0.1, 0.15) is 17.1 Å². The molecule has 0 saturated carbocycles. The minimum atomic E-state index is -0.640. The molecule has 7 heteroatoms. The third-order valence-corrected chi connectivity index (χ3v) is 4.93. The quantitative estimate of drug-likeness (QED) is 0.753. The van der Waals surface area contributed by atoms with Gasteiger partial charge >= 0.3 is 0 Å². The summed E-state index contributed by atoms with van der Waals surface area (Å²) >= 11 is 0. The Kier molecular flexibility index (Phi) is 3.87. The van der Waals surface area contributed by atoms with Crippen molar-refractivity contribution in [2.45, 2.75) is 26.7 Å². The number of hydrogen-bond acceptors (Lipinski definition) is 6. The van der Waals surface area contributed by atoms with E-state index in [1.807, 2.05) is 0 Å². The fraction of sp³-hybridized carbons (Fsp3) is 0.250. The van der Waals surface area contributed by atoms with Crippen LogP contribution < -0.4 is 11.0 Å². The Bertz CT molecular complexity index is 1240. The molecule has 0 saturated heterocycles. The highest BCUT2D eigenvalue weighted by atomic mass is 16.3. The van der Waals surface area contributed by atoms with E-state index in [1.54, 1.807) is 32.0 Å². The summed E-state index contributed by atoms with van der Waals surface area (Å²) in [6, 6.07) is 6.60. The predicted molar refractivity (Wildman–Crippen MR) is 101 cm³/mol. The minimum Gasteiger partial charge on any atom is -0.461 e. The van der Waals surface area contributed by atoms with Crippen LogP contribution in [0.25, 0.3) is 11.0 Å². The van der Waals surface area contributed by atoms with Gasteiger partial charge in [-0.3, -0.25) is 14.4 Å². The fourth-order valence-electron chi connectivity index (χ4n) is 3.84. The Labute approximate surface area is 153 Å². The molecule has 7 nitrogen and oxygen atoms in total. The zero-order valence-electron chi connectivity index (χ0n) is 15.1. The fourth-order valence-corrected chi connectivity index (χ4v) is 3.84. The molecule has 0 fully saturated rings. The lowest BCUT2D eigenvalue weighted by Gasteiger charge is -2.29. The topological polar surface area (TPSA) is 105 Å². The Morgan fingerprint density at radius 2 is 2.00 bits per heavy atom. The first-order valence-corrected chi connectivity index (χ1v) is 8.55. The number of carbonyl (C=O) groups is 1. The van der Waals surface area contributed by atoms with E-state index in [1.165, 1.54) is 19.3 Å². The number of H-pyrrole nitrogens is 1. The molecule has 2 atom stereocenters. The third kappa shape index (κ3) is 2.63. The van der Waals surface area contributed by atoms with Gasteiger partial charge in [-0.25, -0.2) is 9.98 Å². The largest absolute Gasteiger partial charge is 0.461 e. The highest BCUT2D eigenvalue weighted by Crippen LogP contribution is 2.41. The molecule has 1 N–H and O–H groups in total. The molecule has 0 amide bonds. The summed E-state index contributed by atoms with van der Waals surface area (Å²) in [5.41, 5.74) is 1.33. The van der Waals surface area contributed by atoms with Gasteiger partial charge in [0.05, 0.1) is 23.2 Å². The molecule has 2 aromatic heterocycles. The zero-order chi connectivity index (χ0) is 19.3. The maximum Gasteiger partial charge on any atom is 0.256 e. The standard InChI is InChI=1S/C20H17N3O4/c1-9-7-14(25)12-5-4-6-13(18(12)27-9)16-15(11(3)24)10(2)23-19-17(16)20(26)22-8-21-19/h4-8,15-16H,1-3H3,(H,21,22,26). The first-order valence-electron chi connectivity index (χ1n) is 8.55.